The molecule has 3 nitrogen and oxygen atoms in total. The Morgan fingerprint density at radius 3 is 2.15 bits per heavy atom. The third-order valence-electron chi connectivity index (χ3n) is 9.21. The van der Waals surface area contributed by atoms with Gasteiger partial charge in [-0.25, -0.2) is 0 Å². The van der Waals surface area contributed by atoms with Gasteiger partial charge in [-0.05, 0) is 19.3 Å². The molecule has 1 radical (unpaired) electrons. The topological polar surface area (TPSA) is 50.2 Å². The van der Waals surface area contributed by atoms with E-state index in [0.29, 0.717) is 0 Å². The fourth-order valence-corrected chi connectivity index (χ4v) is 9.43. The zero-order valence-electron chi connectivity index (χ0n) is 30.2. The summed E-state index contributed by atoms with van der Waals surface area (Å²) in [5.41, 5.74) is 12.6. The van der Waals surface area contributed by atoms with E-state index in [4.69, 9.17) is 10.1 Å². The van der Waals surface area contributed by atoms with E-state index in [1.165, 1.54) is 69.8 Å². The van der Waals surface area contributed by atoms with Gasteiger partial charge in [0.1, 0.15) is 0 Å². The first kappa shape index (κ1) is 37.5. The summed E-state index contributed by atoms with van der Waals surface area (Å²) in [6.07, 6.45) is 3.15. The number of rotatable bonds is 4. The number of carbonyl (C=O) groups is 1. The molecule has 1 aliphatic carbocycles. The monoisotopic (exact) mass is 877 g/mol. The average Bonchev–Trinajstić information content (AvgIpc) is 3.21. The first-order valence-electron chi connectivity index (χ1n) is 16.5. The summed E-state index contributed by atoms with van der Waals surface area (Å²) in [6.45, 7) is 16.7. The number of hydrogen-bond acceptors (Lipinski definition) is 3. The summed E-state index contributed by atoms with van der Waals surface area (Å²) in [6, 6.07) is 31.2. The van der Waals surface area contributed by atoms with Crippen LogP contribution in [0.2, 0.25) is 17.3 Å². The molecule has 251 valence electrons. The molecule has 0 saturated carbocycles. The SMILES string of the molecule is CC(=O)/C=C(/C)O.Cc1c[c]([Ge]([CH3])([CH3])[CH3])ccc1-c1ccc2c(c1)C(C)(C)c1c-2ccnc1-c1[c-]c2ccccc2c(C(C)(C)C)c1.[Ir]. The van der Waals surface area contributed by atoms with E-state index in [1.807, 2.05) is 6.20 Å². The van der Waals surface area contributed by atoms with Crippen LogP contribution in [-0.4, -0.2) is 29.1 Å². The predicted octanol–water partition coefficient (Wildman–Crippen LogP) is 10.9. The molecule has 0 aliphatic heterocycles. The Morgan fingerprint density at radius 2 is 1.56 bits per heavy atom. The van der Waals surface area contributed by atoms with E-state index in [-0.39, 0.29) is 42.5 Å². The fourth-order valence-electron chi connectivity index (χ4n) is 6.85. The van der Waals surface area contributed by atoms with E-state index in [0.717, 1.165) is 16.6 Å². The molecule has 5 heteroatoms. The molecular weight excluding hydrogens is 827 g/mol. The summed E-state index contributed by atoms with van der Waals surface area (Å²) in [7, 11) is 0. The smallest absolute Gasteiger partial charge is 0.118 e. The molecule has 0 atom stereocenters. The maximum absolute atomic E-state index is 10.0. The zero-order valence-corrected chi connectivity index (χ0v) is 34.7. The Hall–Kier alpha value is -3.31. The molecule has 0 spiro atoms. The second-order valence-corrected chi connectivity index (χ2v) is 26.2. The van der Waals surface area contributed by atoms with Gasteiger partial charge in [0.15, 0.2) is 5.78 Å². The number of allylic oxidation sites excluding steroid dienone is 2. The normalized spacial score (nSPS) is 13.6. The van der Waals surface area contributed by atoms with Gasteiger partial charge in [0.25, 0.3) is 0 Å². The van der Waals surface area contributed by atoms with Crippen molar-refractivity contribution < 1.29 is 30.0 Å². The Labute approximate surface area is 303 Å². The van der Waals surface area contributed by atoms with Crippen LogP contribution in [-0.2, 0) is 35.7 Å². The van der Waals surface area contributed by atoms with Gasteiger partial charge in [-0.1, -0.05) is 44.4 Å². The van der Waals surface area contributed by atoms with E-state index in [2.05, 4.69) is 138 Å². The molecule has 5 aromatic rings. The van der Waals surface area contributed by atoms with Crippen LogP contribution in [0.25, 0.3) is 44.3 Å². The predicted molar refractivity (Wildman–Crippen MR) is 202 cm³/mol. The van der Waals surface area contributed by atoms with E-state index < -0.39 is 13.3 Å². The van der Waals surface area contributed by atoms with Gasteiger partial charge in [-0.15, -0.1) is 17.0 Å². The molecule has 1 heterocycles. The van der Waals surface area contributed by atoms with Crippen LogP contribution in [0.3, 0.4) is 0 Å². The van der Waals surface area contributed by atoms with Crippen LogP contribution < -0.4 is 4.40 Å². The van der Waals surface area contributed by atoms with Crippen molar-refractivity contribution in [3.05, 3.63) is 119 Å². The first-order chi connectivity index (χ1) is 21.9. The van der Waals surface area contributed by atoms with Crippen molar-refractivity contribution in [3.8, 4) is 33.5 Å². The minimum absolute atomic E-state index is 0. The number of aliphatic hydroxyl groups excluding tert-OH is 1. The maximum atomic E-state index is 10.0. The van der Waals surface area contributed by atoms with Gasteiger partial charge < -0.3 is 5.11 Å². The van der Waals surface area contributed by atoms with Gasteiger partial charge in [-0.2, -0.15) is 0 Å². The van der Waals surface area contributed by atoms with Crippen LogP contribution in [0.1, 0.15) is 70.7 Å². The number of aromatic nitrogens is 1. The van der Waals surface area contributed by atoms with Crippen molar-refractivity contribution >= 4 is 34.2 Å². The molecule has 48 heavy (non-hydrogen) atoms. The van der Waals surface area contributed by atoms with Gasteiger partial charge >= 0.3 is 177 Å². The van der Waals surface area contributed by atoms with Gasteiger partial charge in [0.2, 0.25) is 0 Å². The number of nitrogens with zero attached hydrogens (tertiary/aromatic N) is 1. The third-order valence-corrected chi connectivity index (χ3v) is 13.5. The molecule has 6 rings (SSSR count). The number of fused-ring (bicyclic) bond motifs is 4. The Kier molecular flexibility index (Phi) is 10.9. The van der Waals surface area contributed by atoms with Crippen molar-refractivity contribution in [2.75, 3.05) is 0 Å². The first-order valence-corrected chi connectivity index (χ1v) is 23.8. The molecule has 1 aromatic heterocycles. The van der Waals surface area contributed by atoms with Gasteiger partial charge in [0.05, 0.1) is 5.76 Å². The van der Waals surface area contributed by atoms with E-state index >= 15 is 0 Å². The number of ketones is 1. The average molecular weight is 876 g/mol. The molecule has 1 N–H and O–H groups in total. The summed E-state index contributed by atoms with van der Waals surface area (Å²) in [5, 5.41) is 10.8. The number of aryl methyl sites for hydroxylation is 1. The van der Waals surface area contributed by atoms with Crippen LogP contribution in [0, 0.1) is 13.0 Å². The Balaban J connectivity index is 0.000000589. The minimum atomic E-state index is -1.88. The standard InChI is InChI=1S/C38H40GeN.C5H8O2.Ir/c1-24-20-28(39(7,8)9)15-17-29(24)26-14-16-31-32-18-19-40-36(35(32)38(5,6)34(31)22-26)27-21-25-12-10-11-13-30(25)33(23-27)37(2,3)4;1-4(6)3-5(2)7;/h10-20,22-23H,1-9H3;3,6H,1-2H3;/q-1;;/b;4-3-;. The van der Waals surface area contributed by atoms with Crippen molar-refractivity contribution in [2.24, 2.45) is 0 Å². The number of pyridine rings is 1. The Bertz CT molecular complexity index is 2040. The Morgan fingerprint density at radius 1 is 0.896 bits per heavy atom. The van der Waals surface area contributed by atoms with Crippen molar-refractivity contribution in [2.45, 2.75) is 83.5 Å². The molecule has 0 bridgehead atoms. The molecule has 4 aromatic carbocycles. The van der Waals surface area contributed by atoms with Gasteiger partial charge in [-0.3, -0.25) is 4.79 Å². The summed E-state index contributed by atoms with van der Waals surface area (Å²) >= 11 is -1.88. The van der Waals surface area contributed by atoms with Crippen molar-refractivity contribution in [3.63, 3.8) is 0 Å². The quantitative estimate of drug-likeness (QED) is 0.0847. The summed E-state index contributed by atoms with van der Waals surface area (Å²) < 4.78 is 1.56. The zero-order chi connectivity index (χ0) is 34.5. The molecule has 0 amide bonds. The second kappa shape index (κ2) is 13.9. The molecule has 0 saturated heterocycles. The molecule has 0 fully saturated rings. The third kappa shape index (κ3) is 7.47. The molecule has 0 unspecified atom stereocenters. The fraction of sp³-hybridized carbons (Fsp3) is 0.302. The minimum Gasteiger partial charge on any atom is -0.118 e. The van der Waals surface area contributed by atoms with E-state index in [1.54, 1.807) is 4.40 Å². The second-order valence-electron chi connectivity index (χ2n) is 15.5. The van der Waals surface area contributed by atoms with Crippen LogP contribution in [0.5, 0.6) is 0 Å². The summed E-state index contributed by atoms with van der Waals surface area (Å²) in [4.78, 5) is 15.0. The van der Waals surface area contributed by atoms with Crippen LogP contribution in [0.15, 0.2) is 90.8 Å². The number of hydrogen-bond donors (Lipinski definition) is 1. The number of benzene rings is 4. The van der Waals surface area contributed by atoms with Gasteiger partial charge in [0, 0.05) is 26.2 Å². The van der Waals surface area contributed by atoms with Crippen LogP contribution >= 0.6 is 0 Å². The van der Waals surface area contributed by atoms with Crippen LogP contribution in [0.4, 0.5) is 0 Å². The molecular formula is C43H48GeIrNO2-. The van der Waals surface area contributed by atoms with E-state index in [9.17, 15) is 4.79 Å². The number of carbonyl (C=O) groups excluding carboxylic acids is 1. The van der Waals surface area contributed by atoms with Crippen molar-refractivity contribution in [1.29, 1.82) is 0 Å². The molecule has 1 aliphatic rings. The van der Waals surface area contributed by atoms with Crippen molar-refractivity contribution in [1.82, 2.24) is 4.98 Å². The summed E-state index contributed by atoms with van der Waals surface area (Å²) in [5.74, 6) is 7.33. The number of aliphatic hydroxyl groups is 1.